The topological polar surface area (TPSA) is 50.1 Å². The highest BCUT2D eigenvalue weighted by Gasteiger charge is 2.12. The molecule has 1 aliphatic rings. The lowest BCUT2D eigenvalue weighted by molar-refractivity contribution is 0.364. The van der Waals surface area contributed by atoms with E-state index in [4.69, 9.17) is 5.73 Å². The van der Waals surface area contributed by atoms with Gasteiger partial charge in [0.25, 0.3) is 0 Å². The summed E-state index contributed by atoms with van der Waals surface area (Å²) in [5.74, 6) is 0. The highest BCUT2D eigenvalue weighted by Crippen LogP contribution is 2.09. The van der Waals surface area contributed by atoms with Crippen LogP contribution in [0.5, 0.6) is 0 Å². The second-order valence-corrected chi connectivity index (χ2v) is 4.54. The Morgan fingerprint density at radius 2 is 2.21 bits per heavy atom. The number of rotatable bonds is 5. The minimum atomic E-state index is 0.245. The smallest absolute Gasteiger partial charge is 0.0188 e. The van der Waals surface area contributed by atoms with Gasteiger partial charge in [0, 0.05) is 18.1 Å². The van der Waals surface area contributed by atoms with Crippen LogP contribution >= 0.6 is 0 Å². The fraction of sp³-hybridized carbons (Fsp3) is 1.00. The average Bonchev–Trinajstić information content (AvgIpc) is 2.19. The number of nitrogens with one attached hydrogen (secondary N) is 2. The zero-order valence-corrected chi connectivity index (χ0v) is 9.55. The Kier molecular flexibility index (Phi) is 5.45. The van der Waals surface area contributed by atoms with Gasteiger partial charge in [0.2, 0.25) is 0 Å². The molecule has 0 aliphatic carbocycles. The standard InChI is InChI=1S/C11H25N3/c1-9(12)10(2)13-8-6-11-5-3-4-7-14-11/h9-11,13-14H,3-8,12H2,1-2H3. The molecule has 0 aromatic heterocycles. The highest BCUT2D eigenvalue weighted by atomic mass is 15.0. The van der Waals surface area contributed by atoms with Crippen molar-refractivity contribution in [3.8, 4) is 0 Å². The van der Waals surface area contributed by atoms with E-state index in [1.165, 1.54) is 32.2 Å². The molecule has 0 saturated carbocycles. The summed E-state index contributed by atoms with van der Waals surface area (Å²) >= 11 is 0. The molecule has 0 aromatic carbocycles. The average molecular weight is 199 g/mol. The van der Waals surface area contributed by atoms with E-state index >= 15 is 0 Å². The van der Waals surface area contributed by atoms with Gasteiger partial charge in [0.1, 0.15) is 0 Å². The Morgan fingerprint density at radius 3 is 2.79 bits per heavy atom. The predicted octanol–water partition coefficient (Wildman–Crippen LogP) is 0.844. The lowest BCUT2D eigenvalue weighted by Crippen LogP contribution is -2.43. The Bertz CT molecular complexity index is 141. The van der Waals surface area contributed by atoms with E-state index in [2.05, 4.69) is 24.5 Å². The molecular weight excluding hydrogens is 174 g/mol. The van der Waals surface area contributed by atoms with Gasteiger partial charge in [0.15, 0.2) is 0 Å². The van der Waals surface area contributed by atoms with Crippen molar-refractivity contribution in [1.29, 1.82) is 0 Å². The van der Waals surface area contributed by atoms with E-state index in [1.807, 2.05) is 0 Å². The quantitative estimate of drug-likeness (QED) is 0.615. The van der Waals surface area contributed by atoms with Gasteiger partial charge in [-0.3, -0.25) is 0 Å². The maximum atomic E-state index is 5.78. The van der Waals surface area contributed by atoms with Crippen LogP contribution in [0.4, 0.5) is 0 Å². The molecule has 3 heteroatoms. The minimum absolute atomic E-state index is 0.245. The van der Waals surface area contributed by atoms with Gasteiger partial charge < -0.3 is 16.4 Å². The van der Waals surface area contributed by atoms with Gasteiger partial charge >= 0.3 is 0 Å². The molecule has 0 spiro atoms. The monoisotopic (exact) mass is 199 g/mol. The van der Waals surface area contributed by atoms with E-state index in [1.54, 1.807) is 0 Å². The van der Waals surface area contributed by atoms with Crippen molar-refractivity contribution in [1.82, 2.24) is 10.6 Å². The maximum Gasteiger partial charge on any atom is 0.0188 e. The molecule has 1 saturated heterocycles. The molecule has 1 rings (SSSR count). The van der Waals surface area contributed by atoms with Crippen LogP contribution in [0.2, 0.25) is 0 Å². The number of hydrogen-bond donors (Lipinski definition) is 3. The van der Waals surface area contributed by atoms with Crippen LogP contribution in [-0.4, -0.2) is 31.2 Å². The van der Waals surface area contributed by atoms with E-state index in [0.29, 0.717) is 6.04 Å². The van der Waals surface area contributed by atoms with Gasteiger partial charge in [-0.2, -0.15) is 0 Å². The molecule has 1 aliphatic heterocycles. The molecule has 14 heavy (non-hydrogen) atoms. The van der Waals surface area contributed by atoms with E-state index in [0.717, 1.165) is 12.6 Å². The number of hydrogen-bond acceptors (Lipinski definition) is 3. The summed E-state index contributed by atoms with van der Waals surface area (Å²) in [4.78, 5) is 0. The Labute approximate surface area is 87.8 Å². The first-order valence-electron chi connectivity index (χ1n) is 5.92. The summed E-state index contributed by atoms with van der Waals surface area (Å²) in [6.45, 7) is 6.49. The second kappa shape index (κ2) is 6.38. The van der Waals surface area contributed by atoms with Crippen LogP contribution in [-0.2, 0) is 0 Å². The van der Waals surface area contributed by atoms with Crippen molar-refractivity contribution in [3.05, 3.63) is 0 Å². The SMILES string of the molecule is CC(N)C(C)NCCC1CCCCN1. The number of piperidine rings is 1. The summed E-state index contributed by atoms with van der Waals surface area (Å²) in [5, 5.41) is 7.02. The Morgan fingerprint density at radius 1 is 1.43 bits per heavy atom. The summed E-state index contributed by atoms with van der Waals surface area (Å²) in [5.41, 5.74) is 5.78. The predicted molar refractivity (Wildman–Crippen MR) is 61.4 cm³/mol. The summed E-state index contributed by atoms with van der Waals surface area (Å²) in [6.07, 6.45) is 5.31. The van der Waals surface area contributed by atoms with Crippen molar-refractivity contribution in [2.24, 2.45) is 5.73 Å². The second-order valence-electron chi connectivity index (χ2n) is 4.54. The summed E-state index contributed by atoms with van der Waals surface area (Å²) < 4.78 is 0. The van der Waals surface area contributed by atoms with Gasteiger partial charge in [-0.15, -0.1) is 0 Å². The third-order valence-electron chi connectivity index (χ3n) is 3.16. The zero-order chi connectivity index (χ0) is 10.4. The van der Waals surface area contributed by atoms with Gasteiger partial charge in [-0.1, -0.05) is 6.42 Å². The molecule has 3 unspecified atom stereocenters. The third kappa shape index (κ3) is 4.40. The maximum absolute atomic E-state index is 5.78. The Balaban J connectivity index is 2.02. The molecule has 1 heterocycles. The van der Waals surface area contributed by atoms with Crippen LogP contribution in [0.25, 0.3) is 0 Å². The lowest BCUT2D eigenvalue weighted by Gasteiger charge is -2.25. The molecular formula is C11H25N3. The largest absolute Gasteiger partial charge is 0.327 e. The van der Waals surface area contributed by atoms with Crippen molar-refractivity contribution in [2.75, 3.05) is 13.1 Å². The molecule has 84 valence electrons. The van der Waals surface area contributed by atoms with Crippen LogP contribution in [0, 0.1) is 0 Å². The first-order chi connectivity index (χ1) is 6.70. The van der Waals surface area contributed by atoms with Crippen LogP contribution < -0.4 is 16.4 Å². The molecule has 1 fully saturated rings. The Hall–Kier alpha value is -0.120. The molecule has 0 amide bonds. The molecule has 3 nitrogen and oxygen atoms in total. The fourth-order valence-electron chi connectivity index (χ4n) is 1.84. The molecule has 3 atom stereocenters. The van der Waals surface area contributed by atoms with E-state index in [-0.39, 0.29) is 6.04 Å². The zero-order valence-electron chi connectivity index (χ0n) is 9.55. The van der Waals surface area contributed by atoms with Crippen molar-refractivity contribution in [2.45, 2.75) is 57.7 Å². The number of nitrogens with two attached hydrogens (primary N) is 1. The van der Waals surface area contributed by atoms with E-state index in [9.17, 15) is 0 Å². The minimum Gasteiger partial charge on any atom is -0.327 e. The van der Waals surface area contributed by atoms with Crippen molar-refractivity contribution >= 4 is 0 Å². The summed E-state index contributed by atoms with van der Waals surface area (Å²) in [7, 11) is 0. The molecule has 0 aromatic rings. The van der Waals surface area contributed by atoms with Gasteiger partial charge in [0.05, 0.1) is 0 Å². The fourth-order valence-corrected chi connectivity index (χ4v) is 1.84. The van der Waals surface area contributed by atoms with Crippen molar-refractivity contribution in [3.63, 3.8) is 0 Å². The first-order valence-corrected chi connectivity index (χ1v) is 5.92. The molecule has 4 N–H and O–H groups in total. The van der Waals surface area contributed by atoms with Crippen LogP contribution in [0.3, 0.4) is 0 Å². The van der Waals surface area contributed by atoms with Crippen LogP contribution in [0.1, 0.15) is 39.5 Å². The van der Waals surface area contributed by atoms with Crippen molar-refractivity contribution < 1.29 is 0 Å². The molecule has 0 bridgehead atoms. The first kappa shape index (κ1) is 12.0. The third-order valence-corrected chi connectivity index (χ3v) is 3.16. The van der Waals surface area contributed by atoms with Gasteiger partial charge in [-0.05, 0) is 46.2 Å². The lowest BCUT2D eigenvalue weighted by atomic mass is 10.0. The summed E-state index contributed by atoms with van der Waals surface area (Å²) in [6, 6.07) is 1.41. The van der Waals surface area contributed by atoms with E-state index < -0.39 is 0 Å². The van der Waals surface area contributed by atoms with Gasteiger partial charge in [-0.25, -0.2) is 0 Å². The normalized spacial score (nSPS) is 27.2. The highest BCUT2D eigenvalue weighted by molar-refractivity contribution is 4.75. The van der Waals surface area contributed by atoms with Crippen LogP contribution in [0.15, 0.2) is 0 Å². The molecule has 0 radical (unpaired) electrons.